The van der Waals surface area contributed by atoms with Crippen molar-refractivity contribution in [3.8, 4) is 0 Å². The monoisotopic (exact) mass is 196 g/mol. The van der Waals surface area contributed by atoms with Crippen molar-refractivity contribution in [2.24, 2.45) is 17.6 Å². The van der Waals surface area contributed by atoms with Gasteiger partial charge in [-0.25, -0.2) is 0 Å². The first-order valence-corrected chi connectivity index (χ1v) is 5.67. The second-order valence-electron chi connectivity index (χ2n) is 4.93. The summed E-state index contributed by atoms with van der Waals surface area (Å²) in [5.41, 5.74) is 5.72. The molecule has 0 aromatic carbocycles. The molecule has 3 atom stereocenters. The third-order valence-electron chi connectivity index (χ3n) is 3.72. The van der Waals surface area contributed by atoms with Crippen LogP contribution in [0.25, 0.3) is 0 Å². The average molecular weight is 196 g/mol. The van der Waals surface area contributed by atoms with Crippen molar-refractivity contribution in [1.82, 2.24) is 4.90 Å². The Kier molecular flexibility index (Phi) is 2.52. The minimum Gasteiger partial charge on any atom is -0.336 e. The van der Waals surface area contributed by atoms with Gasteiger partial charge < -0.3 is 10.6 Å². The van der Waals surface area contributed by atoms with Crippen LogP contribution in [0.15, 0.2) is 0 Å². The maximum Gasteiger partial charge on any atom is 0.225 e. The van der Waals surface area contributed by atoms with Crippen molar-refractivity contribution >= 4 is 5.91 Å². The first kappa shape index (κ1) is 9.97. The minimum atomic E-state index is 0.134. The van der Waals surface area contributed by atoms with Gasteiger partial charge in [-0.15, -0.1) is 0 Å². The van der Waals surface area contributed by atoms with Gasteiger partial charge >= 0.3 is 0 Å². The molecule has 2 heterocycles. The number of carbonyl (C=O) groups is 1. The molecule has 0 spiro atoms. The van der Waals surface area contributed by atoms with E-state index in [0.717, 1.165) is 13.0 Å². The van der Waals surface area contributed by atoms with Crippen LogP contribution >= 0.6 is 0 Å². The van der Waals surface area contributed by atoms with Gasteiger partial charge in [-0.2, -0.15) is 0 Å². The minimum absolute atomic E-state index is 0.134. The molecule has 1 amide bonds. The van der Waals surface area contributed by atoms with E-state index >= 15 is 0 Å². The van der Waals surface area contributed by atoms with Crippen LogP contribution in [-0.2, 0) is 4.79 Å². The summed E-state index contributed by atoms with van der Waals surface area (Å²) in [6.45, 7) is 4.71. The molecule has 0 aliphatic carbocycles. The average Bonchev–Trinajstić information content (AvgIpc) is 2.72. The molecule has 2 rings (SSSR count). The van der Waals surface area contributed by atoms with Crippen LogP contribution < -0.4 is 5.73 Å². The van der Waals surface area contributed by atoms with Crippen LogP contribution in [0.4, 0.5) is 0 Å². The van der Waals surface area contributed by atoms with E-state index in [1.807, 2.05) is 13.8 Å². The Bertz CT molecular complexity index is 239. The number of carbonyl (C=O) groups excluding carboxylic acids is 1. The second kappa shape index (κ2) is 3.54. The Morgan fingerprint density at radius 2 is 2.21 bits per heavy atom. The van der Waals surface area contributed by atoms with E-state index in [1.165, 1.54) is 12.8 Å². The lowest BCUT2D eigenvalue weighted by molar-refractivity contribution is -0.135. The third-order valence-corrected chi connectivity index (χ3v) is 3.72. The fourth-order valence-electron chi connectivity index (χ4n) is 3.01. The lowest BCUT2D eigenvalue weighted by atomic mass is 9.89. The predicted octanol–water partition coefficient (Wildman–Crippen LogP) is 0.981. The zero-order valence-corrected chi connectivity index (χ0v) is 9.07. The maximum absolute atomic E-state index is 12.0. The van der Waals surface area contributed by atoms with Gasteiger partial charge in [0.05, 0.1) is 0 Å². The van der Waals surface area contributed by atoms with Crippen molar-refractivity contribution in [3.63, 3.8) is 0 Å². The standard InChI is InChI=1S/C11H20N2O/c1-7(2)11(14)13-9-3-4-10(13)8(5-9)6-12/h7-10H,3-6,12H2,1-2H3. The first-order chi connectivity index (χ1) is 6.65. The molecule has 0 saturated carbocycles. The zero-order chi connectivity index (χ0) is 10.3. The van der Waals surface area contributed by atoms with Gasteiger partial charge in [0.15, 0.2) is 0 Å². The molecule has 3 unspecified atom stereocenters. The van der Waals surface area contributed by atoms with E-state index in [4.69, 9.17) is 5.73 Å². The van der Waals surface area contributed by atoms with Crippen molar-refractivity contribution in [2.45, 2.75) is 45.2 Å². The smallest absolute Gasteiger partial charge is 0.225 e. The lowest BCUT2D eigenvalue weighted by Gasteiger charge is -2.25. The third kappa shape index (κ3) is 1.34. The molecule has 2 bridgehead atoms. The number of hydrogen-bond donors (Lipinski definition) is 1. The molecule has 0 aromatic heterocycles. The normalized spacial score (nSPS) is 35.7. The summed E-state index contributed by atoms with van der Waals surface area (Å²) in [6, 6.07) is 0.961. The van der Waals surface area contributed by atoms with E-state index in [9.17, 15) is 4.79 Å². The Morgan fingerprint density at radius 1 is 1.50 bits per heavy atom. The van der Waals surface area contributed by atoms with Gasteiger partial charge in [0, 0.05) is 18.0 Å². The van der Waals surface area contributed by atoms with Crippen molar-refractivity contribution in [1.29, 1.82) is 0 Å². The SMILES string of the molecule is CC(C)C(=O)N1C2CCC1C(CN)C2. The molecule has 2 aliphatic heterocycles. The molecule has 2 aliphatic rings. The summed E-state index contributed by atoms with van der Waals surface area (Å²) in [5.74, 6) is 1.03. The Labute approximate surface area is 85.6 Å². The molecule has 2 fully saturated rings. The topological polar surface area (TPSA) is 46.3 Å². The quantitative estimate of drug-likeness (QED) is 0.715. The molecule has 2 saturated heterocycles. The fourth-order valence-corrected chi connectivity index (χ4v) is 3.01. The Balaban J connectivity index is 2.11. The summed E-state index contributed by atoms with van der Waals surface area (Å²) in [6.07, 6.45) is 3.50. The molecule has 2 N–H and O–H groups in total. The summed E-state index contributed by atoms with van der Waals surface area (Å²) >= 11 is 0. The number of hydrogen-bond acceptors (Lipinski definition) is 2. The summed E-state index contributed by atoms with van der Waals surface area (Å²) in [5, 5.41) is 0. The lowest BCUT2D eigenvalue weighted by Crippen LogP contribution is -2.39. The first-order valence-electron chi connectivity index (χ1n) is 5.67. The molecular formula is C11H20N2O. The number of rotatable bonds is 2. The highest BCUT2D eigenvalue weighted by atomic mass is 16.2. The highest BCUT2D eigenvalue weighted by molar-refractivity contribution is 5.79. The highest BCUT2D eigenvalue weighted by Crippen LogP contribution is 2.41. The molecule has 3 heteroatoms. The van der Waals surface area contributed by atoms with E-state index in [1.54, 1.807) is 0 Å². The van der Waals surface area contributed by atoms with Crippen LogP contribution in [0.2, 0.25) is 0 Å². The van der Waals surface area contributed by atoms with Gasteiger partial charge in [-0.05, 0) is 31.7 Å². The van der Waals surface area contributed by atoms with Crippen molar-refractivity contribution in [3.05, 3.63) is 0 Å². The summed E-state index contributed by atoms with van der Waals surface area (Å²) < 4.78 is 0. The molecule has 3 nitrogen and oxygen atoms in total. The van der Waals surface area contributed by atoms with Crippen molar-refractivity contribution in [2.75, 3.05) is 6.54 Å². The summed E-state index contributed by atoms with van der Waals surface area (Å²) in [4.78, 5) is 14.1. The molecule has 14 heavy (non-hydrogen) atoms. The number of nitrogens with two attached hydrogens (primary N) is 1. The number of fused-ring (bicyclic) bond motifs is 2. The van der Waals surface area contributed by atoms with Crippen LogP contribution in [0, 0.1) is 11.8 Å². The van der Waals surface area contributed by atoms with Gasteiger partial charge in [0.2, 0.25) is 5.91 Å². The zero-order valence-electron chi connectivity index (χ0n) is 9.07. The van der Waals surface area contributed by atoms with Crippen LogP contribution in [0.3, 0.4) is 0 Å². The highest BCUT2D eigenvalue weighted by Gasteiger charge is 2.47. The molecule has 0 radical (unpaired) electrons. The van der Waals surface area contributed by atoms with Crippen molar-refractivity contribution < 1.29 is 4.79 Å². The van der Waals surface area contributed by atoms with E-state index in [0.29, 0.717) is 23.9 Å². The number of nitrogens with zero attached hydrogens (tertiary/aromatic N) is 1. The van der Waals surface area contributed by atoms with E-state index in [2.05, 4.69) is 4.90 Å². The van der Waals surface area contributed by atoms with Gasteiger partial charge in [0.25, 0.3) is 0 Å². The van der Waals surface area contributed by atoms with Gasteiger partial charge in [-0.1, -0.05) is 13.8 Å². The largest absolute Gasteiger partial charge is 0.336 e. The molecule has 0 aromatic rings. The van der Waals surface area contributed by atoms with Gasteiger partial charge in [-0.3, -0.25) is 4.79 Å². The van der Waals surface area contributed by atoms with Gasteiger partial charge in [0.1, 0.15) is 0 Å². The number of amides is 1. The fraction of sp³-hybridized carbons (Fsp3) is 0.909. The summed E-state index contributed by atoms with van der Waals surface area (Å²) in [7, 11) is 0. The second-order valence-corrected chi connectivity index (χ2v) is 4.93. The maximum atomic E-state index is 12.0. The van der Waals surface area contributed by atoms with Crippen LogP contribution in [0.1, 0.15) is 33.1 Å². The predicted molar refractivity (Wildman–Crippen MR) is 55.7 cm³/mol. The van der Waals surface area contributed by atoms with Crippen LogP contribution in [0.5, 0.6) is 0 Å². The molecular weight excluding hydrogens is 176 g/mol. The Hall–Kier alpha value is -0.570. The molecule has 80 valence electrons. The van der Waals surface area contributed by atoms with E-state index < -0.39 is 0 Å². The van der Waals surface area contributed by atoms with Crippen LogP contribution in [-0.4, -0.2) is 29.4 Å². The Morgan fingerprint density at radius 3 is 2.71 bits per heavy atom. The van der Waals surface area contributed by atoms with E-state index in [-0.39, 0.29) is 5.92 Å².